The van der Waals surface area contributed by atoms with Crippen molar-refractivity contribution in [3.8, 4) is 5.88 Å². The standard InChI is InChI=1S/C13H17ClN2O2/c1-9-8-16(7-5-11(9)14)13(17)10-4-3-6-15-12(10)18-2/h3-4,6,9,11H,5,7-8H2,1-2H3. The molecule has 1 fully saturated rings. The monoisotopic (exact) mass is 268 g/mol. The lowest BCUT2D eigenvalue weighted by Crippen LogP contribution is -2.43. The molecule has 2 heterocycles. The number of pyridine rings is 1. The number of amides is 1. The second-order valence-corrected chi connectivity index (χ2v) is 5.15. The van der Waals surface area contributed by atoms with Gasteiger partial charge in [-0.1, -0.05) is 6.92 Å². The topological polar surface area (TPSA) is 42.4 Å². The maximum Gasteiger partial charge on any atom is 0.259 e. The van der Waals surface area contributed by atoms with Gasteiger partial charge >= 0.3 is 0 Å². The predicted octanol–water partition coefficient (Wildman–Crippen LogP) is 2.18. The minimum absolute atomic E-state index is 0.0321. The van der Waals surface area contributed by atoms with Gasteiger partial charge in [0.2, 0.25) is 5.88 Å². The fourth-order valence-corrected chi connectivity index (χ4v) is 2.37. The molecule has 2 unspecified atom stereocenters. The lowest BCUT2D eigenvalue weighted by Gasteiger charge is -2.34. The number of aromatic nitrogens is 1. The zero-order chi connectivity index (χ0) is 13.1. The molecule has 0 N–H and O–H groups in total. The van der Waals surface area contributed by atoms with E-state index in [1.165, 1.54) is 7.11 Å². The van der Waals surface area contributed by atoms with Gasteiger partial charge in [-0.25, -0.2) is 4.98 Å². The molecule has 4 nitrogen and oxygen atoms in total. The third-order valence-corrected chi connectivity index (χ3v) is 3.93. The van der Waals surface area contributed by atoms with E-state index in [4.69, 9.17) is 16.3 Å². The molecule has 0 radical (unpaired) electrons. The van der Waals surface area contributed by atoms with Crippen molar-refractivity contribution in [2.24, 2.45) is 5.92 Å². The Bertz CT molecular complexity index is 439. The van der Waals surface area contributed by atoms with E-state index < -0.39 is 0 Å². The molecule has 98 valence electrons. The molecule has 1 saturated heterocycles. The van der Waals surface area contributed by atoms with Crippen LogP contribution in [0.4, 0.5) is 0 Å². The number of piperidine rings is 1. The lowest BCUT2D eigenvalue weighted by molar-refractivity contribution is 0.0682. The maximum atomic E-state index is 12.4. The molecule has 18 heavy (non-hydrogen) atoms. The van der Waals surface area contributed by atoms with Crippen LogP contribution in [-0.4, -0.2) is 41.4 Å². The Kier molecular flexibility index (Phi) is 4.07. The van der Waals surface area contributed by atoms with Crippen LogP contribution < -0.4 is 4.74 Å². The average Bonchev–Trinajstić information content (AvgIpc) is 2.41. The van der Waals surface area contributed by atoms with Crippen molar-refractivity contribution in [2.45, 2.75) is 18.7 Å². The van der Waals surface area contributed by atoms with Crippen molar-refractivity contribution < 1.29 is 9.53 Å². The number of nitrogens with zero attached hydrogens (tertiary/aromatic N) is 2. The van der Waals surface area contributed by atoms with Crippen molar-refractivity contribution in [1.29, 1.82) is 0 Å². The summed E-state index contributed by atoms with van der Waals surface area (Å²) in [5.74, 6) is 0.658. The third-order valence-electron chi connectivity index (χ3n) is 3.28. The Morgan fingerprint density at radius 2 is 2.39 bits per heavy atom. The summed E-state index contributed by atoms with van der Waals surface area (Å²) in [5.41, 5.74) is 0.514. The lowest BCUT2D eigenvalue weighted by atomic mass is 9.99. The molecule has 0 bridgehead atoms. The van der Waals surface area contributed by atoms with E-state index in [2.05, 4.69) is 11.9 Å². The smallest absolute Gasteiger partial charge is 0.259 e. The van der Waals surface area contributed by atoms with Crippen LogP contribution in [0.2, 0.25) is 0 Å². The number of halogens is 1. The van der Waals surface area contributed by atoms with Gasteiger partial charge in [0.15, 0.2) is 0 Å². The van der Waals surface area contributed by atoms with E-state index in [-0.39, 0.29) is 11.3 Å². The molecule has 0 spiro atoms. The van der Waals surface area contributed by atoms with E-state index in [1.807, 2.05) is 4.90 Å². The summed E-state index contributed by atoms with van der Waals surface area (Å²) in [6, 6.07) is 3.49. The van der Waals surface area contributed by atoms with Crippen LogP contribution in [0.15, 0.2) is 18.3 Å². The Morgan fingerprint density at radius 3 is 3.06 bits per heavy atom. The van der Waals surface area contributed by atoms with E-state index >= 15 is 0 Å². The Balaban J connectivity index is 2.16. The molecule has 2 rings (SSSR count). The van der Waals surface area contributed by atoms with Crippen LogP contribution in [0.25, 0.3) is 0 Å². The summed E-state index contributed by atoms with van der Waals surface area (Å²) in [4.78, 5) is 18.3. The van der Waals surface area contributed by atoms with Crippen LogP contribution in [0, 0.1) is 5.92 Å². The molecule has 0 saturated carbocycles. The first-order valence-corrected chi connectivity index (χ1v) is 6.49. The van der Waals surface area contributed by atoms with Gasteiger partial charge in [0, 0.05) is 24.7 Å². The first-order chi connectivity index (χ1) is 8.63. The quantitative estimate of drug-likeness (QED) is 0.772. The molecular weight excluding hydrogens is 252 g/mol. The van der Waals surface area contributed by atoms with Crippen LogP contribution in [-0.2, 0) is 0 Å². The van der Waals surface area contributed by atoms with Gasteiger partial charge in [0.1, 0.15) is 5.56 Å². The number of likely N-dealkylation sites (tertiary alicyclic amines) is 1. The molecule has 1 amide bonds. The molecular formula is C13H17ClN2O2. The number of rotatable bonds is 2. The summed E-state index contributed by atoms with van der Waals surface area (Å²) in [6.07, 6.45) is 2.44. The van der Waals surface area contributed by atoms with Crippen LogP contribution in [0.3, 0.4) is 0 Å². The van der Waals surface area contributed by atoms with Crippen molar-refractivity contribution in [3.05, 3.63) is 23.9 Å². The van der Waals surface area contributed by atoms with E-state index in [0.717, 1.165) is 6.42 Å². The van der Waals surface area contributed by atoms with Crippen LogP contribution in [0.5, 0.6) is 5.88 Å². The second kappa shape index (κ2) is 5.57. The highest BCUT2D eigenvalue weighted by atomic mass is 35.5. The Hall–Kier alpha value is -1.29. The minimum Gasteiger partial charge on any atom is -0.480 e. The highest BCUT2D eigenvalue weighted by molar-refractivity contribution is 6.20. The number of methoxy groups -OCH3 is 1. The fraction of sp³-hybridized carbons (Fsp3) is 0.538. The Labute approximate surface area is 112 Å². The van der Waals surface area contributed by atoms with E-state index in [0.29, 0.717) is 30.5 Å². The highest BCUT2D eigenvalue weighted by Crippen LogP contribution is 2.24. The number of carbonyl (C=O) groups excluding carboxylic acids is 1. The zero-order valence-electron chi connectivity index (χ0n) is 10.6. The molecule has 0 aromatic carbocycles. The summed E-state index contributed by atoms with van der Waals surface area (Å²) >= 11 is 6.17. The van der Waals surface area contributed by atoms with Crippen molar-refractivity contribution >= 4 is 17.5 Å². The molecule has 0 aliphatic carbocycles. The highest BCUT2D eigenvalue weighted by Gasteiger charge is 2.29. The summed E-state index contributed by atoms with van der Waals surface area (Å²) in [7, 11) is 1.52. The molecule has 5 heteroatoms. The zero-order valence-corrected chi connectivity index (χ0v) is 11.4. The second-order valence-electron chi connectivity index (χ2n) is 4.59. The fourth-order valence-electron chi connectivity index (χ4n) is 2.19. The SMILES string of the molecule is COc1ncccc1C(=O)N1CCC(Cl)C(C)C1. The van der Waals surface area contributed by atoms with Gasteiger partial charge in [0.05, 0.1) is 7.11 Å². The van der Waals surface area contributed by atoms with Gasteiger partial charge < -0.3 is 9.64 Å². The summed E-state index contributed by atoms with van der Waals surface area (Å²) in [5, 5.41) is 0.157. The molecule has 1 aromatic heterocycles. The van der Waals surface area contributed by atoms with E-state index in [1.54, 1.807) is 18.3 Å². The largest absolute Gasteiger partial charge is 0.480 e. The molecule has 1 aromatic rings. The normalized spacial score (nSPS) is 23.8. The third kappa shape index (κ3) is 2.58. The van der Waals surface area contributed by atoms with Gasteiger partial charge in [-0.05, 0) is 24.5 Å². The molecule has 1 aliphatic rings. The maximum absolute atomic E-state index is 12.4. The number of hydrogen-bond donors (Lipinski definition) is 0. The number of carbonyl (C=O) groups is 1. The van der Waals surface area contributed by atoms with Gasteiger partial charge in [-0.2, -0.15) is 0 Å². The Morgan fingerprint density at radius 1 is 1.61 bits per heavy atom. The number of ether oxygens (including phenoxy) is 1. The number of hydrogen-bond acceptors (Lipinski definition) is 3. The van der Waals surface area contributed by atoms with Gasteiger partial charge in [0.25, 0.3) is 5.91 Å². The van der Waals surface area contributed by atoms with Crippen LogP contribution in [0.1, 0.15) is 23.7 Å². The number of alkyl halides is 1. The first-order valence-electron chi connectivity index (χ1n) is 6.06. The van der Waals surface area contributed by atoms with Crippen molar-refractivity contribution in [2.75, 3.05) is 20.2 Å². The average molecular weight is 269 g/mol. The van der Waals surface area contributed by atoms with Crippen LogP contribution >= 0.6 is 11.6 Å². The van der Waals surface area contributed by atoms with Gasteiger partial charge in [-0.15, -0.1) is 11.6 Å². The summed E-state index contributed by atoms with van der Waals surface area (Å²) in [6.45, 7) is 3.44. The van der Waals surface area contributed by atoms with Gasteiger partial charge in [-0.3, -0.25) is 4.79 Å². The first kappa shape index (κ1) is 13.1. The predicted molar refractivity (Wildman–Crippen MR) is 70.1 cm³/mol. The van der Waals surface area contributed by atoms with E-state index in [9.17, 15) is 4.79 Å². The minimum atomic E-state index is -0.0321. The van der Waals surface area contributed by atoms with Crippen molar-refractivity contribution in [1.82, 2.24) is 9.88 Å². The molecule has 2 atom stereocenters. The summed E-state index contributed by atoms with van der Waals surface area (Å²) < 4.78 is 5.12. The molecule has 1 aliphatic heterocycles. The van der Waals surface area contributed by atoms with Crippen molar-refractivity contribution in [3.63, 3.8) is 0 Å².